The summed E-state index contributed by atoms with van der Waals surface area (Å²) in [5.74, 6) is -0.0984. The van der Waals surface area contributed by atoms with E-state index in [1.807, 2.05) is 19.9 Å². The maximum Gasteiger partial charge on any atom is 0.230 e. The molecule has 0 aliphatic carbocycles. The van der Waals surface area contributed by atoms with Crippen molar-refractivity contribution in [3.8, 4) is 0 Å². The Labute approximate surface area is 77.3 Å². The third kappa shape index (κ3) is 1.69. The van der Waals surface area contributed by atoms with Gasteiger partial charge < -0.3 is 5.32 Å². The smallest absolute Gasteiger partial charge is 0.230 e. The Morgan fingerprint density at radius 1 is 1.50 bits per heavy atom. The molecule has 0 aromatic carbocycles. The third-order valence-corrected chi connectivity index (χ3v) is 2.48. The Morgan fingerprint density at radius 2 is 2.08 bits per heavy atom. The molecule has 66 valence electrons. The second-order valence-electron chi connectivity index (χ2n) is 3.07. The zero-order chi connectivity index (χ0) is 9.30. The minimum Gasteiger partial charge on any atom is -0.328 e. The maximum absolute atomic E-state index is 11.3. The van der Waals surface area contributed by atoms with Crippen molar-refractivity contribution in [1.29, 1.82) is 0 Å². The average molecular weight is 186 g/mol. The second-order valence-corrected chi connectivity index (χ2v) is 3.44. The molecular formula is C9H12ClNO. The first-order chi connectivity index (χ1) is 5.52. The number of hydrogen-bond donors (Lipinski definition) is 1. The van der Waals surface area contributed by atoms with E-state index in [2.05, 4.69) is 5.32 Å². The van der Waals surface area contributed by atoms with E-state index in [9.17, 15) is 4.79 Å². The van der Waals surface area contributed by atoms with E-state index >= 15 is 0 Å². The molecule has 0 saturated heterocycles. The molecule has 12 heavy (non-hydrogen) atoms. The van der Waals surface area contributed by atoms with Crippen LogP contribution in [0.5, 0.6) is 0 Å². The number of halogens is 1. The van der Waals surface area contributed by atoms with Crippen LogP contribution in [0.2, 0.25) is 0 Å². The molecule has 0 spiro atoms. The lowest BCUT2D eigenvalue weighted by molar-refractivity contribution is -0.122. The van der Waals surface area contributed by atoms with Gasteiger partial charge in [-0.1, -0.05) is 24.6 Å². The largest absolute Gasteiger partial charge is 0.328 e. The van der Waals surface area contributed by atoms with Gasteiger partial charge in [-0.25, -0.2) is 0 Å². The monoisotopic (exact) mass is 185 g/mol. The van der Waals surface area contributed by atoms with Crippen LogP contribution in [-0.2, 0) is 4.79 Å². The predicted octanol–water partition coefficient (Wildman–Crippen LogP) is 2.17. The van der Waals surface area contributed by atoms with E-state index < -0.39 is 0 Å². The van der Waals surface area contributed by atoms with E-state index in [0.717, 1.165) is 11.3 Å². The number of hydrogen-bond acceptors (Lipinski definition) is 1. The van der Waals surface area contributed by atoms with Gasteiger partial charge in [-0.05, 0) is 19.4 Å². The fourth-order valence-electron chi connectivity index (χ4n) is 1.17. The summed E-state index contributed by atoms with van der Waals surface area (Å²) >= 11 is 5.95. The van der Waals surface area contributed by atoms with Crippen molar-refractivity contribution in [2.75, 3.05) is 0 Å². The van der Waals surface area contributed by atoms with Gasteiger partial charge in [0.1, 0.15) is 0 Å². The minimum absolute atomic E-state index is 0.00231. The summed E-state index contributed by atoms with van der Waals surface area (Å²) < 4.78 is 0. The van der Waals surface area contributed by atoms with E-state index in [4.69, 9.17) is 11.6 Å². The van der Waals surface area contributed by atoms with Crippen LogP contribution < -0.4 is 5.32 Å². The predicted molar refractivity (Wildman–Crippen MR) is 49.6 cm³/mol. The van der Waals surface area contributed by atoms with Gasteiger partial charge >= 0.3 is 0 Å². The molecule has 0 fully saturated rings. The Bertz CT molecular complexity index is 278. The molecule has 3 heteroatoms. The summed E-state index contributed by atoms with van der Waals surface area (Å²) in [4.78, 5) is 11.3. The van der Waals surface area contributed by atoms with Gasteiger partial charge in [-0.3, -0.25) is 4.79 Å². The van der Waals surface area contributed by atoms with E-state index in [0.29, 0.717) is 5.03 Å². The summed E-state index contributed by atoms with van der Waals surface area (Å²) in [7, 11) is 0. The number of carbonyl (C=O) groups excluding carboxylic acids is 1. The first-order valence-electron chi connectivity index (χ1n) is 3.88. The SMILES string of the molecule is CC1=CC(C)C(=O)NC(C)=C1Cl. The molecule has 1 aliphatic rings. The molecule has 1 atom stereocenters. The van der Waals surface area contributed by atoms with Gasteiger partial charge in [-0.2, -0.15) is 0 Å². The Hall–Kier alpha value is -0.760. The molecule has 2 nitrogen and oxygen atoms in total. The first-order valence-corrected chi connectivity index (χ1v) is 4.26. The van der Waals surface area contributed by atoms with Crippen LogP contribution in [0.4, 0.5) is 0 Å². The Morgan fingerprint density at radius 3 is 2.67 bits per heavy atom. The van der Waals surface area contributed by atoms with Gasteiger partial charge in [0.15, 0.2) is 0 Å². The number of nitrogens with one attached hydrogen (secondary N) is 1. The normalized spacial score (nSPS) is 24.8. The number of carbonyl (C=O) groups is 1. The van der Waals surface area contributed by atoms with Gasteiger partial charge in [0.05, 0.1) is 11.0 Å². The second kappa shape index (κ2) is 3.31. The number of rotatable bonds is 0. The fourth-order valence-corrected chi connectivity index (χ4v) is 1.28. The molecule has 0 radical (unpaired) electrons. The lowest BCUT2D eigenvalue weighted by Gasteiger charge is -2.05. The summed E-state index contributed by atoms with van der Waals surface area (Å²) in [6.07, 6.45) is 1.87. The highest BCUT2D eigenvalue weighted by atomic mass is 35.5. The standard InChI is InChI=1S/C9H12ClNO/c1-5-4-6(2)9(12)11-7(3)8(5)10/h4,6H,1-3H3,(H,11,12). The molecule has 0 saturated carbocycles. The minimum atomic E-state index is -0.101. The van der Waals surface area contributed by atoms with E-state index in [1.54, 1.807) is 6.92 Å². The molecule has 1 N–H and O–H groups in total. The Kier molecular flexibility index (Phi) is 2.58. The summed E-state index contributed by atoms with van der Waals surface area (Å²) in [6.45, 7) is 5.56. The number of allylic oxidation sites excluding steroid dienone is 3. The molecule has 1 heterocycles. The molecule has 1 unspecified atom stereocenters. The van der Waals surface area contributed by atoms with Crippen molar-refractivity contribution in [3.63, 3.8) is 0 Å². The van der Waals surface area contributed by atoms with E-state index in [-0.39, 0.29) is 11.8 Å². The summed E-state index contributed by atoms with van der Waals surface area (Å²) in [6, 6.07) is 0. The van der Waals surface area contributed by atoms with Crippen molar-refractivity contribution >= 4 is 17.5 Å². The van der Waals surface area contributed by atoms with Crippen molar-refractivity contribution < 1.29 is 4.79 Å². The van der Waals surface area contributed by atoms with Crippen molar-refractivity contribution in [3.05, 3.63) is 22.4 Å². The van der Waals surface area contributed by atoms with Crippen LogP contribution in [0.3, 0.4) is 0 Å². The highest BCUT2D eigenvalue weighted by Crippen LogP contribution is 2.22. The van der Waals surface area contributed by atoms with Gasteiger partial charge in [0.25, 0.3) is 0 Å². The maximum atomic E-state index is 11.3. The van der Waals surface area contributed by atoms with Crippen LogP contribution in [0.1, 0.15) is 20.8 Å². The zero-order valence-corrected chi connectivity index (χ0v) is 8.20. The van der Waals surface area contributed by atoms with Crippen LogP contribution >= 0.6 is 11.6 Å². The molecular weight excluding hydrogens is 174 g/mol. The van der Waals surface area contributed by atoms with Gasteiger partial charge in [0.2, 0.25) is 5.91 Å². The highest BCUT2D eigenvalue weighted by Gasteiger charge is 2.16. The van der Waals surface area contributed by atoms with Crippen molar-refractivity contribution in [2.24, 2.45) is 5.92 Å². The molecule has 1 amide bonds. The molecule has 0 bridgehead atoms. The summed E-state index contributed by atoms with van der Waals surface area (Å²) in [5, 5.41) is 3.37. The molecule has 1 rings (SSSR count). The van der Waals surface area contributed by atoms with Crippen LogP contribution in [-0.4, -0.2) is 5.91 Å². The third-order valence-electron chi connectivity index (χ3n) is 1.90. The van der Waals surface area contributed by atoms with Crippen LogP contribution in [0.15, 0.2) is 22.4 Å². The Balaban J connectivity index is 3.06. The van der Waals surface area contributed by atoms with Crippen molar-refractivity contribution in [2.45, 2.75) is 20.8 Å². The van der Waals surface area contributed by atoms with Crippen LogP contribution in [0.25, 0.3) is 0 Å². The zero-order valence-electron chi connectivity index (χ0n) is 7.44. The topological polar surface area (TPSA) is 29.1 Å². The van der Waals surface area contributed by atoms with Crippen LogP contribution in [0, 0.1) is 5.92 Å². The quantitative estimate of drug-likeness (QED) is 0.616. The first kappa shape index (κ1) is 9.33. The van der Waals surface area contributed by atoms with Gasteiger partial charge in [-0.15, -0.1) is 0 Å². The highest BCUT2D eigenvalue weighted by molar-refractivity contribution is 6.32. The van der Waals surface area contributed by atoms with Gasteiger partial charge in [0, 0.05) is 5.70 Å². The van der Waals surface area contributed by atoms with Crippen molar-refractivity contribution in [1.82, 2.24) is 5.32 Å². The summed E-state index contributed by atoms with van der Waals surface area (Å²) in [5.41, 5.74) is 1.69. The average Bonchev–Trinajstić information content (AvgIpc) is 2.07. The lowest BCUT2D eigenvalue weighted by atomic mass is 10.1. The fraction of sp³-hybridized carbons (Fsp3) is 0.444. The molecule has 0 aromatic rings. The molecule has 1 aliphatic heterocycles. The lowest BCUT2D eigenvalue weighted by Crippen LogP contribution is -2.25. The number of amides is 1. The molecule has 0 aromatic heterocycles. The van der Waals surface area contributed by atoms with E-state index in [1.165, 1.54) is 0 Å².